The molecule has 0 fully saturated rings. The number of nitrogens with one attached hydrogen (secondary N) is 1. The minimum atomic E-state index is 0.336. The average molecular weight is 256 g/mol. The maximum atomic E-state index is 9.98. The maximum Gasteiger partial charge on any atom is 0.124 e. The standard InChI is InChI=1S/C14H12N2OS/c17-14-6-12(18-9-10-7-15-16-8-10)5-11-3-1-2-4-13(11)14/h1-8,17H,9H2,(H,15,16). The van der Waals surface area contributed by atoms with Gasteiger partial charge < -0.3 is 5.11 Å². The lowest BCUT2D eigenvalue weighted by molar-refractivity contribution is 0.480. The Morgan fingerprint density at radius 1 is 1.22 bits per heavy atom. The molecule has 18 heavy (non-hydrogen) atoms. The number of benzene rings is 2. The van der Waals surface area contributed by atoms with Crippen molar-refractivity contribution in [2.45, 2.75) is 10.6 Å². The molecule has 1 aromatic heterocycles. The highest BCUT2D eigenvalue weighted by molar-refractivity contribution is 7.98. The largest absolute Gasteiger partial charge is 0.507 e. The quantitative estimate of drug-likeness (QED) is 0.704. The molecule has 3 rings (SSSR count). The van der Waals surface area contributed by atoms with Crippen LogP contribution in [0.15, 0.2) is 53.7 Å². The highest BCUT2D eigenvalue weighted by atomic mass is 32.2. The van der Waals surface area contributed by atoms with Crippen molar-refractivity contribution in [3.05, 3.63) is 54.4 Å². The van der Waals surface area contributed by atoms with Crippen molar-refractivity contribution < 1.29 is 5.11 Å². The van der Waals surface area contributed by atoms with Crippen LogP contribution in [0.5, 0.6) is 5.75 Å². The number of thioether (sulfide) groups is 1. The number of phenols is 1. The third kappa shape index (κ3) is 2.19. The van der Waals surface area contributed by atoms with Gasteiger partial charge in [0.25, 0.3) is 0 Å². The topological polar surface area (TPSA) is 48.9 Å². The van der Waals surface area contributed by atoms with Crippen molar-refractivity contribution in [3.8, 4) is 5.75 Å². The predicted octanol–water partition coefficient (Wildman–Crippen LogP) is 3.56. The molecule has 0 unspecified atom stereocenters. The van der Waals surface area contributed by atoms with E-state index in [1.165, 1.54) is 0 Å². The molecule has 2 N–H and O–H groups in total. The Bertz CT molecular complexity index is 665. The van der Waals surface area contributed by atoms with E-state index in [0.717, 1.165) is 27.0 Å². The molecule has 3 nitrogen and oxygen atoms in total. The lowest BCUT2D eigenvalue weighted by Gasteiger charge is -2.05. The van der Waals surface area contributed by atoms with Crippen molar-refractivity contribution in [3.63, 3.8) is 0 Å². The summed E-state index contributed by atoms with van der Waals surface area (Å²) in [5, 5.41) is 18.6. The summed E-state index contributed by atoms with van der Waals surface area (Å²) in [6.07, 6.45) is 3.70. The fourth-order valence-electron chi connectivity index (χ4n) is 1.87. The molecule has 4 heteroatoms. The van der Waals surface area contributed by atoms with E-state index in [0.29, 0.717) is 5.75 Å². The molecule has 0 amide bonds. The van der Waals surface area contributed by atoms with Gasteiger partial charge in [-0.2, -0.15) is 5.10 Å². The summed E-state index contributed by atoms with van der Waals surface area (Å²) in [6, 6.07) is 11.8. The number of hydrogen-bond acceptors (Lipinski definition) is 3. The first-order chi connectivity index (χ1) is 8.83. The molecule has 0 bridgehead atoms. The minimum Gasteiger partial charge on any atom is -0.507 e. The Hall–Kier alpha value is -1.94. The van der Waals surface area contributed by atoms with E-state index >= 15 is 0 Å². The maximum absolute atomic E-state index is 9.98. The van der Waals surface area contributed by atoms with Gasteiger partial charge in [0.1, 0.15) is 5.75 Å². The van der Waals surface area contributed by atoms with Crippen LogP contribution in [-0.2, 0) is 5.75 Å². The first-order valence-corrected chi connectivity index (χ1v) is 6.64. The third-order valence-electron chi connectivity index (χ3n) is 2.77. The second-order valence-corrected chi connectivity index (χ2v) is 5.11. The first kappa shape index (κ1) is 11.2. The van der Waals surface area contributed by atoms with Gasteiger partial charge in [0.05, 0.1) is 6.20 Å². The van der Waals surface area contributed by atoms with E-state index < -0.39 is 0 Å². The molecule has 0 saturated carbocycles. The van der Waals surface area contributed by atoms with Crippen LogP contribution in [0.4, 0.5) is 0 Å². The second kappa shape index (κ2) is 4.74. The van der Waals surface area contributed by atoms with Gasteiger partial charge >= 0.3 is 0 Å². The lowest BCUT2D eigenvalue weighted by Crippen LogP contribution is -1.79. The number of phenolic OH excluding ortho intramolecular Hbond substituents is 1. The fraction of sp³-hybridized carbons (Fsp3) is 0.0714. The zero-order chi connectivity index (χ0) is 12.4. The molecule has 0 aliphatic rings. The van der Waals surface area contributed by atoms with Crippen molar-refractivity contribution >= 4 is 22.5 Å². The Labute approximate surface area is 109 Å². The van der Waals surface area contributed by atoms with Gasteiger partial charge in [-0.05, 0) is 17.5 Å². The summed E-state index contributed by atoms with van der Waals surface area (Å²) >= 11 is 1.69. The van der Waals surface area contributed by atoms with E-state index in [2.05, 4.69) is 16.3 Å². The Kier molecular flexibility index (Phi) is 2.94. The molecule has 0 radical (unpaired) electrons. The van der Waals surface area contributed by atoms with Crippen LogP contribution in [0.2, 0.25) is 0 Å². The molecule has 90 valence electrons. The van der Waals surface area contributed by atoms with Crippen LogP contribution in [0, 0.1) is 0 Å². The number of aromatic nitrogens is 2. The molecule has 0 aliphatic heterocycles. The molecular formula is C14H12N2OS. The van der Waals surface area contributed by atoms with Crippen molar-refractivity contribution in [2.75, 3.05) is 0 Å². The van der Waals surface area contributed by atoms with E-state index in [-0.39, 0.29) is 0 Å². The smallest absolute Gasteiger partial charge is 0.124 e. The van der Waals surface area contributed by atoms with Gasteiger partial charge in [-0.1, -0.05) is 24.3 Å². The zero-order valence-electron chi connectivity index (χ0n) is 9.63. The number of nitrogens with zero attached hydrogens (tertiary/aromatic N) is 1. The van der Waals surface area contributed by atoms with Gasteiger partial charge in [0.15, 0.2) is 0 Å². The minimum absolute atomic E-state index is 0.336. The zero-order valence-corrected chi connectivity index (χ0v) is 10.4. The Morgan fingerprint density at radius 2 is 2.11 bits per heavy atom. The fourth-order valence-corrected chi connectivity index (χ4v) is 2.77. The van der Waals surface area contributed by atoms with Gasteiger partial charge in [0, 0.05) is 27.8 Å². The summed E-state index contributed by atoms with van der Waals surface area (Å²) in [4.78, 5) is 1.06. The van der Waals surface area contributed by atoms with Crippen LogP contribution in [0.3, 0.4) is 0 Å². The second-order valence-electron chi connectivity index (χ2n) is 4.06. The number of hydrogen-bond donors (Lipinski definition) is 2. The SMILES string of the molecule is Oc1cc(SCc2cn[nH]c2)cc2ccccc12. The number of rotatable bonds is 3. The van der Waals surface area contributed by atoms with E-state index in [1.54, 1.807) is 11.8 Å². The van der Waals surface area contributed by atoms with Crippen LogP contribution in [0.1, 0.15) is 5.56 Å². The highest BCUT2D eigenvalue weighted by Crippen LogP contribution is 2.32. The van der Waals surface area contributed by atoms with Crippen LogP contribution in [-0.4, -0.2) is 15.3 Å². The summed E-state index contributed by atoms with van der Waals surface area (Å²) in [5.41, 5.74) is 1.15. The van der Waals surface area contributed by atoms with Gasteiger partial charge in [-0.25, -0.2) is 0 Å². The summed E-state index contributed by atoms with van der Waals surface area (Å²) in [7, 11) is 0. The molecule has 1 heterocycles. The summed E-state index contributed by atoms with van der Waals surface area (Å²) < 4.78 is 0. The molecule has 0 saturated heterocycles. The summed E-state index contributed by atoms with van der Waals surface area (Å²) in [5.74, 6) is 1.18. The monoisotopic (exact) mass is 256 g/mol. The molecule has 3 aromatic rings. The Morgan fingerprint density at radius 3 is 2.94 bits per heavy atom. The number of H-pyrrole nitrogens is 1. The van der Waals surface area contributed by atoms with Crippen LogP contribution in [0.25, 0.3) is 10.8 Å². The van der Waals surface area contributed by atoms with Crippen molar-refractivity contribution in [2.24, 2.45) is 0 Å². The van der Waals surface area contributed by atoms with Crippen LogP contribution < -0.4 is 0 Å². The normalized spacial score (nSPS) is 10.9. The first-order valence-electron chi connectivity index (χ1n) is 5.65. The van der Waals surface area contributed by atoms with E-state index in [1.807, 2.05) is 42.7 Å². The van der Waals surface area contributed by atoms with Gasteiger partial charge in [-0.15, -0.1) is 11.8 Å². The predicted molar refractivity (Wildman–Crippen MR) is 73.8 cm³/mol. The number of aromatic hydroxyl groups is 1. The van der Waals surface area contributed by atoms with Crippen molar-refractivity contribution in [1.29, 1.82) is 0 Å². The molecule has 2 aromatic carbocycles. The average Bonchev–Trinajstić information content (AvgIpc) is 2.90. The highest BCUT2D eigenvalue weighted by Gasteiger charge is 2.03. The number of fused-ring (bicyclic) bond motifs is 1. The molecule has 0 spiro atoms. The summed E-state index contributed by atoms with van der Waals surface area (Å²) in [6.45, 7) is 0. The van der Waals surface area contributed by atoms with E-state index in [4.69, 9.17) is 0 Å². The third-order valence-corrected chi connectivity index (χ3v) is 3.82. The van der Waals surface area contributed by atoms with Crippen LogP contribution >= 0.6 is 11.8 Å². The van der Waals surface area contributed by atoms with Gasteiger partial charge in [-0.3, -0.25) is 5.10 Å². The Balaban J connectivity index is 1.88. The molecule has 0 aliphatic carbocycles. The molecule has 0 atom stereocenters. The number of aromatic amines is 1. The van der Waals surface area contributed by atoms with Gasteiger partial charge in [0.2, 0.25) is 0 Å². The van der Waals surface area contributed by atoms with E-state index in [9.17, 15) is 5.11 Å². The molecular weight excluding hydrogens is 244 g/mol. The lowest BCUT2D eigenvalue weighted by atomic mass is 10.1. The van der Waals surface area contributed by atoms with Crippen molar-refractivity contribution in [1.82, 2.24) is 10.2 Å².